The van der Waals surface area contributed by atoms with Crippen LogP contribution in [0.2, 0.25) is 0 Å². The van der Waals surface area contributed by atoms with Crippen LogP contribution in [-0.4, -0.2) is 11.1 Å². The number of para-hydroxylation sites is 1. The fourth-order valence-electron chi connectivity index (χ4n) is 1.76. The van der Waals surface area contributed by atoms with Crippen molar-refractivity contribution in [3.05, 3.63) is 52.3 Å². The molecular formula is C15H14N2O2. The quantitative estimate of drug-likeness (QED) is 0.915. The van der Waals surface area contributed by atoms with Gasteiger partial charge in [0.15, 0.2) is 0 Å². The van der Waals surface area contributed by atoms with Crippen molar-refractivity contribution < 1.29 is 4.74 Å². The number of hydrogen-bond acceptors (Lipinski definition) is 3. The standard InChI is InChI=1S/C15H14N2O2/c1-10(2)19-14-6-4-3-5-12(14)13-8-7-11(9-16)15(18)17-13/h3-8,10H,1-2H3,(H,17,18). The third-order valence-corrected chi connectivity index (χ3v) is 2.57. The van der Waals surface area contributed by atoms with Crippen LogP contribution in [0, 0.1) is 11.3 Å². The molecule has 1 N–H and O–H groups in total. The molecule has 1 aromatic carbocycles. The molecule has 0 aliphatic carbocycles. The summed E-state index contributed by atoms with van der Waals surface area (Å²) in [6.07, 6.45) is 0.0475. The van der Waals surface area contributed by atoms with Crippen LogP contribution >= 0.6 is 0 Å². The van der Waals surface area contributed by atoms with Gasteiger partial charge in [-0.2, -0.15) is 5.26 Å². The average molecular weight is 254 g/mol. The maximum absolute atomic E-state index is 11.7. The molecule has 0 spiro atoms. The van der Waals surface area contributed by atoms with Gasteiger partial charge in [-0.25, -0.2) is 0 Å². The minimum atomic E-state index is -0.389. The minimum absolute atomic E-state index is 0.0475. The monoisotopic (exact) mass is 254 g/mol. The number of nitriles is 1. The summed E-state index contributed by atoms with van der Waals surface area (Å²) < 4.78 is 5.71. The predicted octanol–water partition coefficient (Wildman–Crippen LogP) is 2.70. The van der Waals surface area contributed by atoms with E-state index in [1.165, 1.54) is 6.07 Å². The van der Waals surface area contributed by atoms with Crippen molar-refractivity contribution in [3.8, 4) is 23.1 Å². The van der Waals surface area contributed by atoms with E-state index < -0.39 is 0 Å². The van der Waals surface area contributed by atoms with Crippen molar-refractivity contribution in [1.82, 2.24) is 4.98 Å². The van der Waals surface area contributed by atoms with Gasteiger partial charge in [0.25, 0.3) is 5.56 Å². The Labute approximate surface area is 111 Å². The molecular weight excluding hydrogens is 240 g/mol. The highest BCUT2D eigenvalue weighted by Crippen LogP contribution is 2.28. The fraction of sp³-hybridized carbons (Fsp3) is 0.200. The van der Waals surface area contributed by atoms with Crippen LogP contribution in [0.15, 0.2) is 41.2 Å². The smallest absolute Gasteiger partial charge is 0.266 e. The van der Waals surface area contributed by atoms with Crippen LogP contribution < -0.4 is 10.3 Å². The van der Waals surface area contributed by atoms with Crippen LogP contribution in [0.4, 0.5) is 0 Å². The predicted molar refractivity (Wildman–Crippen MR) is 73.0 cm³/mol. The Kier molecular flexibility index (Phi) is 3.67. The molecule has 4 heteroatoms. The van der Waals surface area contributed by atoms with E-state index in [2.05, 4.69) is 4.98 Å². The molecule has 1 aromatic heterocycles. The molecule has 0 aliphatic heterocycles. The van der Waals surface area contributed by atoms with Crippen LogP contribution in [0.1, 0.15) is 19.4 Å². The van der Waals surface area contributed by atoms with Crippen molar-refractivity contribution in [2.24, 2.45) is 0 Å². The van der Waals surface area contributed by atoms with E-state index in [0.717, 1.165) is 5.56 Å². The van der Waals surface area contributed by atoms with Crippen molar-refractivity contribution in [3.63, 3.8) is 0 Å². The Balaban J connectivity index is 2.50. The first-order valence-electron chi connectivity index (χ1n) is 6.01. The number of ether oxygens (including phenoxy) is 1. The van der Waals surface area contributed by atoms with Gasteiger partial charge >= 0.3 is 0 Å². The lowest BCUT2D eigenvalue weighted by Crippen LogP contribution is -2.11. The first-order valence-corrected chi connectivity index (χ1v) is 6.01. The zero-order valence-corrected chi connectivity index (χ0v) is 10.8. The summed E-state index contributed by atoms with van der Waals surface area (Å²) in [5.41, 5.74) is 1.16. The Hall–Kier alpha value is -2.54. The molecule has 0 radical (unpaired) electrons. The topological polar surface area (TPSA) is 65.9 Å². The van der Waals surface area contributed by atoms with Gasteiger partial charge in [-0.15, -0.1) is 0 Å². The highest BCUT2D eigenvalue weighted by Gasteiger charge is 2.09. The SMILES string of the molecule is CC(C)Oc1ccccc1-c1ccc(C#N)c(=O)[nH]1. The second-order valence-corrected chi connectivity index (χ2v) is 4.39. The maximum atomic E-state index is 11.7. The van der Waals surface area contributed by atoms with Crippen molar-refractivity contribution in [2.45, 2.75) is 20.0 Å². The Bertz CT molecular complexity index is 681. The van der Waals surface area contributed by atoms with Crippen molar-refractivity contribution in [2.75, 3.05) is 0 Å². The second kappa shape index (κ2) is 5.40. The van der Waals surface area contributed by atoms with Crippen LogP contribution in [0.3, 0.4) is 0 Å². The molecule has 0 aliphatic rings. The van der Waals surface area contributed by atoms with Gasteiger partial charge in [0, 0.05) is 5.56 Å². The van der Waals surface area contributed by atoms with E-state index in [9.17, 15) is 4.79 Å². The number of aromatic nitrogens is 1. The lowest BCUT2D eigenvalue weighted by atomic mass is 10.1. The Morgan fingerprint density at radius 3 is 2.58 bits per heavy atom. The minimum Gasteiger partial charge on any atom is -0.490 e. The largest absolute Gasteiger partial charge is 0.490 e. The van der Waals surface area contributed by atoms with Crippen molar-refractivity contribution in [1.29, 1.82) is 5.26 Å². The first kappa shape index (κ1) is 12.9. The molecule has 96 valence electrons. The van der Waals surface area contributed by atoms with Gasteiger partial charge in [0.2, 0.25) is 0 Å². The summed E-state index contributed by atoms with van der Waals surface area (Å²) in [6, 6.07) is 12.5. The number of H-pyrrole nitrogens is 1. The molecule has 1 heterocycles. The molecule has 4 nitrogen and oxygen atoms in total. The Morgan fingerprint density at radius 2 is 1.95 bits per heavy atom. The van der Waals surface area contributed by atoms with Gasteiger partial charge in [-0.05, 0) is 38.1 Å². The average Bonchev–Trinajstić information content (AvgIpc) is 2.38. The van der Waals surface area contributed by atoms with E-state index >= 15 is 0 Å². The molecule has 0 fully saturated rings. The molecule has 0 saturated heterocycles. The lowest BCUT2D eigenvalue weighted by Gasteiger charge is -2.14. The summed E-state index contributed by atoms with van der Waals surface area (Å²) in [6.45, 7) is 3.89. The third-order valence-electron chi connectivity index (χ3n) is 2.57. The molecule has 0 saturated carbocycles. The molecule has 0 atom stereocenters. The lowest BCUT2D eigenvalue weighted by molar-refractivity contribution is 0.243. The van der Waals surface area contributed by atoms with Gasteiger partial charge in [-0.1, -0.05) is 12.1 Å². The summed E-state index contributed by atoms with van der Waals surface area (Å²) in [5, 5.41) is 8.76. The summed E-state index contributed by atoms with van der Waals surface area (Å²) in [5.74, 6) is 0.706. The molecule has 19 heavy (non-hydrogen) atoms. The molecule has 2 rings (SSSR count). The van der Waals surface area contributed by atoms with Gasteiger partial charge in [0.05, 0.1) is 11.8 Å². The molecule has 2 aromatic rings. The highest BCUT2D eigenvalue weighted by molar-refractivity contribution is 5.67. The maximum Gasteiger partial charge on any atom is 0.266 e. The number of nitrogens with zero attached hydrogens (tertiary/aromatic N) is 1. The van der Waals surface area contributed by atoms with Gasteiger partial charge < -0.3 is 9.72 Å². The van der Waals surface area contributed by atoms with Crippen LogP contribution in [0.5, 0.6) is 5.75 Å². The third kappa shape index (κ3) is 2.83. The van der Waals surface area contributed by atoms with Crippen molar-refractivity contribution >= 4 is 0 Å². The number of hydrogen-bond donors (Lipinski definition) is 1. The van der Waals surface area contributed by atoms with E-state index in [1.54, 1.807) is 6.07 Å². The summed E-state index contributed by atoms with van der Waals surface area (Å²) >= 11 is 0. The number of benzene rings is 1. The van der Waals surface area contributed by atoms with Crippen LogP contribution in [0.25, 0.3) is 11.3 Å². The zero-order valence-electron chi connectivity index (χ0n) is 10.8. The number of aromatic amines is 1. The Morgan fingerprint density at radius 1 is 1.21 bits per heavy atom. The number of nitrogens with one attached hydrogen (secondary N) is 1. The second-order valence-electron chi connectivity index (χ2n) is 4.39. The fourth-order valence-corrected chi connectivity index (χ4v) is 1.76. The first-order chi connectivity index (χ1) is 9.11. The molecule has 0 unspecified atom stereocenters. The van der Waals surface area contributed by atoms with E-state index in [0.29, 0.717) is 11.4 Å². The highest BCUT2D eigenvalue weighted by atomic mass is 16.5. The van der Waals surface area contributed by atoms with E-state index in [4.69, 9.17) is 10.00 Å². The van der Waals surface area contributed by atoms with E-state index in [1.807, 2.05) is 44.2 Å². The normalized spacial score (nSPS) is 10.2. The van der Waals surface area contributed by atoms with Gasteiger partial charge in [0.1, 0.15) is 17.4 Å². The van der Waals surface area contributed by atoms with Gasteiger partial charge in [-0.3, -0.25) is 4.79 Å². The molecule has 0 bridgehead atoms. The molecule has 0 amide bonds. The van der Waals surface area contributed by atoms with E-state index in [-0.39, 0.29) is 17.2 Å². The summed E-state index contributed by atoms with van der Waals surface area (Å²) in [7, 11) is 0. The van der Waals surface area contributed by atoms with Crippen LogP contribution in [-0.2, 0) is 0 Å². The summed E-state index contributed by atoms with van der Waals surface area (Å²) in [4.78, 5) is 14.4. The number of rotatable bonds is 3. The zero-order chi connectivity index (χ0) is 13.8. The number of pyridine rings is 1.